The Balaban J connectivity index is 2.50. The first-order valence-corrected chi connectivity index (χ1v) is 3.75. The quantitative estimate of drug-likeness (QED) is 0.583. The van der Waals surface area contributed by atoms with Gasteiger partial charge < -0.3 is 0 Å². The number of halogens is 1. The average Bonchev–Trinajstić information content (AvgIpc) is 2.19. The van der Waals surface area contributed by atoms with Crippen LogP contribution in [0.1, 0.15) is 5.56 Å². The molecule has 1 aromatic rings. The Bertz CT molecular complexity index is 138. The predicted octanol–water partition coefficient (Wildman–Crippen LogP) is 1.92. The first-order chi connectivity index (χ1) is 3.93. The third-order valence-corrected chi connectivity index (χ3v) is 1.69. The van der Waals surface area contributed by atoms with E-state index >= 15 is 0 Å². The minimum absolute atomic E-state index is 0.693. The topological polar surface area (TPSA) is 12.9 Å². The molecule has 3 heteroatoms. The van der Waals surface area contributed by atoms with Crippen LogP contribution in [0.2, 0.25) is 0 Å². The number of hydrogen-bond acceptors (Lipinski definition) is 2. The minimum Gasteiger partial charge on any atom is -0.201 e. The van der Waals surface area contributed by atoms with Crippen molar-refractivity contribution < 1.29 is 0 Å². The van der Waals surface area contributed by atoms with Crippen LogP contribution < -0.4 is 0 Å². The van der Waals surface area contributed by atoms with Crippen LogP contribution in [0, 0.1) is 0 Å². The van der Waals surface area contributed by atoms with Gasteiger partial charge in [0.2, 0.25) is 0 Å². The van der Waals surface area contributed by atoms with Crippen molar-refractivity contribution in [2.45, 2.75) is 6.42 Å². The molecule has 0 aromatic carbocycles. The van der Waals surface area contributed by atoms with Crippen molar-refractivity contribution in [3.63, 3.8) is 0 Å². The van der Waals surface area contributed by atoms with Gasteiger partial charge in [0.05, 0.1) is 0 Å². The van der Waals surface area contributed by atoms with Gasteiger partial charge in [0.1, 0.15) is 0 Å². The largest absolute Gasteiger partial charge is 0.201 e. The van der Waals surface area contributed by atoms with E-state index in [4.69, 9.17) is 11.6 Å². The maximum absolute atomic E-state index is 5.47. The van der Waals surface area contributed by atoms with Crippen molar-refractivity contribution in [2.24, 2.45) is 0 Å². The molecule has 0 saturated heterocycles. The second kappa shape index (κ2) is 3.05. The Morgan fingerprint density at radius 3 is 3.12 bits per heavy atom. The molecule has 0 saturated carbocycles. The molecular formula is C5H6ClNS. The lowest BCUT2D eigenvalue weighted by Crippen LogP contribution is -1.79. The number of rotatable bonds is 2. The Kier molecular flexibility index (Phi) is 2.30. The molecule has 0 aliphatic rings. The van der Waals surface area contributed by atoms with Crippen molar-refractivity contribution in [2.75, 3.05) is 5.88 Å². The third kappa shape index (κ3) is 1.46. The minimum atomic E-state index is 0.693. The molecule has 0 bridgehead atoms. The van der Waals surface area contributed by atoms with Crippen LogP contribution in [-0.4, -0.2) is 10.3 Å². The van der Waals surface area contributed by atoms with Crippen molar-refractivity contribution in [1.82, 2.24) is 4.37 Å². The summed E-state index contributed by atoms with van der Waals surface area (Å²) in [5.41, 5.74) is 1.24. The molecule has 0 fully saturated rings. The number of alkyl halides is 1. The monoisotopic (exact) mass is 147 g/mol. The predicted molar refractivity (Wildman–Crippen MR) is 36.5 cm³/mol. The lowest BCUT2D eigenvalue weighted by atomic mass is 10.3. The maximum atomic E-state index is 5.47. The van der Waals surface area contributed by atoms with Crippen LogP contribution in [-0.2, 0) is 6.42 Å². The highest BCUT2D eigenvalue weighted by molar-refractivity contribution is 7.03. The molecule has 1 heterocycles. The molecule has 0 unspecified atom stereocenters. The molecular weight excluding hydrogens is 142 g/mol. The summed E-state index contributed by atoms with van der Waals surface area (Å²) in [4.78, 5) is 0. The summed E-state index contributed by atoms with van der Waals surface area (Å²) in [5, 5.41) is 2.02. The van der Waals surface area contributed by atoms with Gasteiger partial charge >= 0.3 is 0 Å². The fraction of sp³-hybridized carbons (Fsp3) is 0.400. The van der Waals surface area contributed by atoms with Crippen LogP contribution in [0.5, 0.6) is 0 Å². The van der Waals surface area contributed by atoms with Crippen LogP contribution in [0.25, 0.3) is 0 Å². The standard InChI is InChI=1S/C5H6ClNS/c6-2-1-5-3-7-8-4-5/h3-4H,1-2H2. The second-order valence-corrected chi connectivity index (χ2v) is 2.51. The highest BCUT2D eigenvalue weighted by Gasteiger charge is 1.89. The van der Waals surface area contributed by atoms with Gasteiger partial charge in [0.25, 0.3) is 0 Å². The molecule has 44 valence electrons. The first-order valence-electron chi connectivity index (χ1n) is 2.37. The first kappa shape index (κ1) is 6.05. The molecule has 0 atom stereocenters. The van der Waals surface area contributed by atoms with Gasteiger partial charge in [-0.15, -0.1) is 11.6 Å². The highest BCUT2D eigenvalue weighted by atomic mass is 35.5. The van der Waals surface area contributed by atoms with E-state index in [0.29, 0.717) is 5.88 Å². The number of aryl methyl sites for hydroxylation is 1. The fourth-order valence-electron chi connectivity index (χ4n) is 0.459. The summed E-state index contributed by atoms with van der Waals surface area (Å²) in [6, 6.07) is 0. The zero-order chi connectivity index (χ0) is 5.82. The van der Waals surface area contributed by atoms with Gasteiger partial charge in [-0.25, -0.2) is 4.37 Å². The summed E-state index contributed by atoms with van der Waals surface area (Å²) >= 11 is 6.94. The van der Waals surface area contributed by atoms with Crippen LogP contribution in [0.15, 0.2) is 11.6 Å². The van der Waals surface area contributed by atoms with E-state index in [0.717, 1.165) is 6.42 Å². The summed E-state index contributed by atoms with van der Waals surface area (Å²) < 4.78 is 3.92. The van der Waals surface area contributed by atoms with E-state index < -0.39 is 0 Å². The van der Waals surface area contributed by atoms with Gasteiger partial charge in [-0.05, 0) is 23.5 Å². The smallest absolute Gasteiger partial charge is 0.0439 e. The zero-order valence-electron chi connectivity index (χ0n) is 4.30. The normalized spacial score (nSPS) is 9.62. The third-order valence-electron chi connectivity index (χ3n) is 0.867. The number of hydrogen-bond donors (Lipinski definition) is 0. The molecule has 0 aliphatic carbocycles. The zero-order valence-corrected chi connectivity index (χ0v) is 5.87. The van der Waals surface area contributed by atoms with E-state index in [2.05, 4.69) is 4.37 Å². The van der Waals surface area contributed by atoms with E-state index in [1.807, 2.05) is 11.6 Å². The van der Waals surface area contributed by atoms with Gasteiger partial charge in [-0.2, -0.15) is 0 Å². The van der Waals surface area contributed by atoms with Gasteiger partial charge in [-0.1, -0.05) is 0 Å². The molecule has 1 nitrogen and oxygen atoms in total. The molecule has 0 amide bonds. The maximum Gasteiger partial charge on any atom is 0.0439 e. The lowest BCUT2D eigenvalue weighted by molar-refractivity contribution is 1.15. The second-order valence-electron chi connectivity index (χ2n) is 1.47. The Hall–Kier alpha value is -0.0800. The van der Waals surface area contributed by atoms with Gasteiger partial charge in [0.15, 0.2) is 0 Å². The molecule has 0 aliphatic heterocycles. The van der Waals surface area contributed by atoms with Crippen LogP contribution in [0.4, 0.5) is 0 Å². The van der Waals surface area contributed by atoms with Crippen molar-refractivity contribution in [3.05, 3.63) is 17.1 Å². The van der Waals surface area contributed by atoms with E-state index in [1.165, 1.54) is 17.1 Å². The summed E-state index contributed by atoms with van der Waals surface area (Å²) in [7, 11) is 0. The van der Waals surface area contributed by atoms with Crippen LogP contribution in [0.3, 0.4) is 0 Å². The molecule has 1 rings (SSSR count). The fourth-order valence-corrected chi connectivity index (χ4v) is 1.25. The summed E-state index contributed by atoms with van der Waals surface area (Å²) in [6.45, 7) is 0. The Morgan fingerprint density at radius 1 is 1.75 bits per heavy atom. The lowest BCUT2D eigenvalue weighted by Gasteiger charge is -1.83. The van der Waals surface area contributed by atoms with Crippen molar-refractivity contribution >= 4 is 23.1 Å². The Labute approximate surface area is 57.5 Å². The molecule has 8 heavy (non-hydrogen) atoms. The van der Waals surface area contributed by atoms with Crippen molar-refractivity contribution in [3.8, 4) is 0 Å². The van der Waals surface area contributed by atoms with Gasteiger partial charge in [-0.3, -0.25) is 0 Å². The van der Waals surface area contributed by atoms with E-state index in [1.54, 1.807) is 0 Å². The molecule has 0 spiro atoms. The summed E-state index contributed by atoms with van der Waals surface area (Å²) in [6.07, 6.45) is 2.80. The highest BCUT2D eigenvalue weighted by Crippen LogP contribution is 2.02. The van der Waals surface area contributed by atoms with E-state index in [9.17, 15) is 0 Å². The number of aromatic nitrogens is 1. The van der Waals surface area contributed by atoms with Crippen molar-refractivity contribution in [1.29, 1.82) is 0 Å². The summed E-state index contributed by atoms with van der Waals surface area (Å²) in [5.74, 6) is 0.693. The average molecular weight is 148 g/mol. The molecule has 0 radical (unpaired) electrons. The number of nitrogens with zero attached hydrogens (tertiary/aromatic N) is 1. The van der Waals surface area contributed by atoms with E-state index in [-0.39, 0.29) is 0 Å². The van der Waals surface area contributed by atoms with Crippen LogP contribution >= 0.6 is 23.1 Å². The molecule has 1 aromatic heterocycles. The van der Waals surface area contributed by atoms with Gasteiger partial charge in [0, 0.05) is 17.5 Å². The molecule has 0 N–H and O–H groups in total. The Morgan fingerprint density at radius 2 is 2.62 bits per heavy atom. The SMILES string of the molecule is ClCCc1cnsc1.